The van der Waals surface area contributed by atoms with Gasteiger partial charge >= 0.3 is 0 Å². The van der Waals surface area contributed by atoms with Crippen molar-refractivity contribution in [2.45, 2.75) is 6.42 Å². The molecule has 2 atom stereocenters. The molecule has 6 heteroatoms. The second-order valence-electron chi connectivity index (χ2n) is 9.92. The van der Waals surface area contributed by atoms with E-state index in [1.165, 1.54) is 29.9 Å². The molecule has 3 aromatic rings. The number of fused-ring (bicyclic) bond motifs is 2. The highest BCUT2D eigenvalue weighted by Gasteiger charge is 2.53. The summed E-state index contributed by atoms with van der Waals surface area (Å²) >= 11 is 0. The van der Waals surface area contributed by atoms with Crippen LogP contribution in [0.25, 0.3) is 10.8 Å². The van der Waals surface area contributed by atoms with Gasteiger partial charge in [0.2, 0.25) is 0 Å². The van der Waals surface area contributed by atoms with Gasteiger partial charge in [-0.1, -0.05) is 54.6 Å². The lowest BCUT2D eigenvalue weighted by Gasteiger charge is -2.44. The van der Waals surface area contributed by atoms with Crippen molar-refractivity contribution in [2.24, 2.45) is 5.41 Å². The Morgan fingerprint density at radius 3 is 2.24 bits per heavy atom. The quantitative estimate of drug-likeness (QED) is 0.364. The zero-order valence-electron chi connectivity index (χ0n) is 18.7. The van der Waals surface area contributed by atoms with Crippen LogP contribution in [0.5, 0.6) is 5.75 Å². The molecule has 3 aromatic carbocycles. The van der Waals surface area contributed by atoms with E-state index in [9.17, 15) is 9.90 Å². The standard InChI is InChI=1S/C27H28N4O2/c32-24-13-21-9-5-4-8-20(21)12-23(24)26(33)29-28-25-22-15-30-10-11-31(16-22)18-27(25,17-30)14-19-6-2-1-3-7-19/h1-9,12-13,28,32H,10-11,14-18H2,(H,29,33)/p+2. The summed E-state index contributed by atoms with van der Waals surface area (Å²) in [6.07, 6.45) is 0.962. The molecular formula is C27H30N4O2+2. The van der Waals surface area contributed by atoms with E-state index in [1.54, 1.807) is 21.9 Å². The second-order valence-corrected chi connectivity index (χ2v) is 9.92. The molecule has 168 valence electrons. The SMILES string of the molecule is O=C(NNC1=C2C[NH+]3CC[NH+](C2)CC1(Cc1ccccc1)C3)c1cc2ccccc2cc1O. The molecule has 4 heterocycles. The van der Waals surface area contributed by atoms with Crippen LogP contribution in [0.3, 0.4) is 0 Å². The van der Waals surface area contributed by atoms with Crippen LogP contribution >= 0.6 is 0 Å². The third-order valence-electron chi connectivity index (χ3n) is 7.61. The minimum atomic E-state index is -0.312. The van der Waals surface area contributed by atoms with E-state index < -0.39 is 0 Å². The van der Waals surface area contributed by atoms with Gasteiger partial charge in [-0.2, -0.15) is 0 Å². The number of hydrogen-bond acceptors (Lipinski definition) is 3. The Morgan fingerprint density at radius 2 is 1.55 bits per heavy atom. The van der Waals surface area contributed by atoms with Crippen LogP contribution < -0.4 is 20.7 Å². The first-order chi connectivity index (χ1) is 16.1. The number of hydrogen-bond donors (Lipinski definition) is 5. The van der Waals surface area contributed by atoms with Crippen molar-refractivity contribution in [3.05, 3.63) is 89.1 Å². The zero-order valence-corrected chi connectivity index (χ0v) is 18.7. The highest BCUT2D eigenvalue weighted by atomic mass is 16.3. The van der Waals surface area contributed by atoms with E-state index in [1.807, 2.05) is 24.3 Å². The first-order valence-electron chi connectivity index (χ1n) is 11.8. The molecule has 0 aromatic heterocycles. The molecular weight excluding hydrogens is 412 g/mol. The van der Waals surface area contributed by atoms with Crippen LogP contribution in [0.2, 0.25) is 0 Å². The zero-order chi connectivity index (χ0) is 22.4. The monoisotopic (exact) mass is 442 g/mol. The summed E-state index contributed by atoms with van der Waals surface area (Å²) in [5.74, 6) is -0.314. The summed E-state index contributed by atoms with van der Waals surface area (Å²) in [5, 5.41) is 12.3. The molecule has 0 saturated carbocycles. The largest absolute Gasteiger partial charge is 0.507 e. The summed E-state index contributed by atoms with van der Waals surface area (Å²) in [7, 11) is 0. The van der Waals surface area contributed by atoms with Crippen molar-refractivity contribution < 1.29 is 19.7 Å². The highest BCUT2D eigenvalue weighted by molar-refractivity contribution is 6.01. The molecule has 33 heavy (non-hydrogen) atoms. The number of carbonyl (C=O) groups excluding carboxylic acids is 1. The Bertz CT molecular complexity index is 1240. The van der Waals surface area contributed by atoms with Gasteiger partial charge in [-0.05, 0) is 34.9 Å². The number of carbonyl (C=O) groups is 1. The van der Waals surface area contributed by atoms with Crippen LogP contribution in [-0.4, -0.2) is 50.3 Å². The number of benzene rings is 3. The molecule has 2 saturated heterocycles. The van der Waals surface area contributed by atoms with E-state index in [0.717, 1.165) is 43.4 Å². The summed E-state index contributed by atoms with van der Waals surface area (Å²) in [6.45, 7) is 6.65. The van der Waals surface area contributed by atoms with Gasteiger partial charge in [0.25, 0.3) is 5.91 Å². The number of phenolic OH excluding ortho intramolecular Hbond substituents is 1. The van der Waals surface area contributed by atoms with Gasteiger partial charge in [0, 0.05) is 0 Å². The average Bonchev–Trinajstić information content (AvgIpc) is 3.06. The van der Waals surface area contributed by atoms with Crippen molar-refractivity contribution in [3.8, 4) is 5.75 Å². The van der Waals surface area contributed by atoms with Crippen LogP contribution in [-0.2, 0) is 6.42 Å². The molecule has 2 unspecified atom stereocenters. The minimum absolute atomic E-state index is 0.00218. The molecule has 4 aliphatic rings. The Balaban J connectivity index is 1.30. The topological polar surface area (TPSA) is 70.2 Å². The van der Waals surface area contributed by atoms with Crippen molar-refractivity contribution in [3.63, 3.8) is 0 Å². The Morgan fingerprint density at radius 1 is 0.909 bits per heavy atom. The molecule has 0 radical (unpaired) electrons. The van der Waals surface area contributed by atoms with E-state index >= 15 is 0 Å². The molecule has 0 spiro atoms. The van der Waals surface area contributed by atoms with E-state index in [0.29, 0.717) is 0 Å². The molecule has 5 N–H and O–H groups in total. The highest BCUT2D eigenvalue weighted by Crippen LogP contribution is 2.34. The van der Waals surface area contributed by atoms with Gasteiger partial charge in [0.1, 0.15) is 37.3 Å². The van der Waals surface area contributed by atoms with E-state index in [4.69, 9.17) is 0 Å². The number of quaternary nitrogens is 2. The fourth-order valence-electron chi connectivity index (χ4n) is 6.26. The van der Waals surface area contributed by atoms with Crippen molar-refractivity contribution in [1.82, 2.24) is 10.9 Å². The number of amides is 1. The van der Waals surface area contributed by atoms with Gasteiger partial charge in [-0.25, -0.2) is 0 Å². The van der Waals surface area contributed by atoms with E-state index in [-0.39, 0.29) is 22.6 Å². The normalized spacial score (nSPS) is 25.8. The number of nitrogens with one attached hydrogen (secondary N) is 4. The Hall–Kier alpha value is -3.35. The van der Waals surface area contributed by atoms with Crippen LogP contribution in [0.1, 0.15) is 15.9 Å². The first kappa shape index (κ1) is 20.3. The third-order valence-corrected chi connectivity index (χ3v) is 7.61. The maximum Gasteiger partial charge on any atom is 0.273 e. The third kappa shape index (κ3) is 3.65. The number of rotatable bonds is 5. The van der Waals surface area contributed by atoms with Gasteiger partial charge in [-0.15, -0.1) is 0 Å². The first-order valence-corrected chi connectivity index (χ1v) is 11.8. The summed E-state index contributed by atoms with van der Waals surface area (Å²) in [6, 6.07) is 21.8. The minimum Gasteiger partial charge on any atom is -0.507 e. The van der Waals surface area contributed by atoms with Crippen molar-refractivity contribution >= 4 is 16.7 Å². The summed E-state index contributed by atoms with van der Waals surface area (Å²) in [5.41, 5.74) is 10.5. The lowest BCUT2D eigenvalue weighted by Crippen LogP contribution is -3.14. The average molecular weight is 443 g/mol. The predicted octanol–water partition coefficient (Wildman–Crippen LogP) is 0.0736. The number of hydrazine groups is 1. The van der Waals surface area contributed by atoms with Gasteiger partial charge in [0.05, 0.1) is 29.9 Å². The molecule has 1 amide bonds. The Labute approximate surface area is 193 Å². The van der Waals surface area contributed by atoms with Crippen LogP contribution in [0, 0.1) is 5.41 Å². The molecule has 7 rings (SSSR count). The van der Waals surface area contributed by atoms with Crippen molar-refractivity contribution in [1.29, 1.82) is 0 Å². The number of phenols is 1. The number of aromatic hydroxyl groups is 1. The summed E-state index contributed by atoms with van der Waals surface area (Å²) < 4.78 is 0. The Kier molecular flexibility index (Phi) is 4.85. The molecule has 4 aliphatic heterocycles. The van der Waals surface area contributed by atoms with Crippen LogP contribution in [0.4, 0.5) is 0 Å². The van der Waals surface area contributed by atoms with Crippen LogP contribution in [0.15, 0.2) is 78.0 Å². The fourth-order valence-corrected chi connectivity index (χ4v) is 6.26. The van der Waals surface area contributed by atoms with Gasteiger partial charge < -0.3 is 20.3 Å². The predicted molar refractivity (Wildman–Crippen MR) is 127 cm³/mol. The second kappa shape index (κ2) is 7.90. The molecule has 6 nitrogen and oxygen atoms in total. The van der Waals surface area contributed by atoms with Gasteiger partial charge in [-0.3, -0.25) is 10.2 Å². The smallest absolute Gasteiger partial charge is 0.273 e. The van der Waals surface area contributed by atoms with Gasteiger partial charge in [0.15, 0.2) is 0 Å². The lowest BCUT2D eigenvalue weighted by molar-refractivity contribution is -0.918. The molecule has 0 aliphatic carbocycles. The maximum absolute atomic E-state index is 13.1. The molecule has 2 fully saturated rings. The maximum atomic E-state index is 13.1. The molecule has 4 bridgehead atoms. The summed E-state index contributed by atoms with van der Waals surface area (Å²) in [4.78, 5) is 16.4. The van der Waals surface area contributed by atoms with Crippen molar-refractivity contribution in [2.75, 3.05) is 39.3 Å². The fraction of sp³-hybridized carbons (Fsp3) is 0.296. The van der Waals surface area contributed by atoms with E-state index in [2.05, 4.69) is 41.2 Å². The lowest BCUT2D eigenvalue weighted by atomic mass is 9.72.